The van der Waals surface area contributed by atoms with Crippen molar-refractivity contribution in [3.8, 4) is 12.1 Å². The fourth-order valence-corrected chi connectivity index (χ4v) is 4.94. The van der Waals surface area contributed by atoms with Crippen LogP contribution in [-0.2, 0) is 9.59 Å². The van der Waals surface area contributed by atoms with E-state index in [1.807, 2.05) is 12.1 Å². The number of aromatic nitrogens is 2. The number of thioether (sulfide) groups is 2. The van der Waals surface area contributed by atoms with Crippen LogP contribution in [-0.4, -0.2) is 33.5 Å². The largest absolute Gasteiger partial charge is 0.324 e. The van der Waals surface area contributed by atoms with Gasteiger partial charge >= 0.3 is 0 Å². The van der Waals surface area contributed by atoms with Gasteiger partial charge in [0.15, 0.2) is 8.68 Å². The highest BCUT2D eigenvalue weighted by molar-refractivity contribution is 8.03. The summed E-state index contributed by atoms with van der Waals surface area (Å²) in [6.07, 6.45) is 0. The molecule has 0 aliphatic carbocycles. The summed E-state index contributed by atoms with van der Waals surface area (Å²) in [6.45, 7) is 0. The Morgan fingerprint density at radius 3 is 1.65 bits per heavy atom. The maximum absolute atomic E-state index is 12.1. The van der Waals surface area contributed by atoms with Gasteiger partial charge in [-0.15, -0.1) is 10.2 Å². The molecule has 0 aliphatic rings. The first-order valence-corrected chi connectivity index (χ1v) is 11.5. The van der Waals surface area contributed by atoms with Crippen LogP contribution in [0.1, 0.15) is 11.1 Å². The van der Waals surface area contributed by atoms with Crippen LogP contribution in [0.15, 0.2) is 57.2 Å². The maximum atomic E-state index is 12.1. The summed E-state index contributed by atoms with van der Waals surface area (Å²) in [4.78, 5) is 24.3. The standard InChI is InChI=1S/C20H14N6O2S3/c21-9-13-5-1-3-7-15(13)23-17(27)11-29-19-25-26-20(31-19)30-12-18(28)24-16-8-4-2-6-14(16)10-22/h1-8H,11-12H2,(H,23,27)(H,24,28). The Morgan fingerprint density at radius 1 is 0.806 bits per heavy atom. The molecule has 0 bridgehead atoms. The predicted molar refractivity (Wildman–Crippen MR) is 121 cm³/mol. The van der Waals surface area contributed by atoms with Gasteiger partial charge in [0.2, 0.25) is 11.8 Å². The number of hydrogen-bond acceptors (Lipinski definition) is 9. The van der Waals surface area contributed by atoms with E-state index in [0.717, 1.165) is 0 Å². The number of nitrogens with one attached hydrogen (secondary N) is 2. The monoisotopic (exact) mass is 466 g/mol. The summed E-state index contributed by atoms with van der Waals surface area (Å²) in [7, 11) is 0. The van der Waals surface area contributed by atoms with E-state index in [1.165, 1.54) is 34.9 Å². The van der Waals surface area contributed by atoms with Crippen molar-refractivity contribution in [3.63, 3.8) is 0 Å². The van der Waals surface area contributed by atoms with Crippen LogP contribution >= 0.6 is 34.9 Å². The first kappa shape index (κ1) is 22.3. The molecule has 0 saturated carbocycles. The number of carbonyl (C=O) groups excluding carboxylic acids is 2. The molecule has 11 heteroatoms. The molecule has 2 amide bonds. The summed E-state index contributed by atoms with van der Waals surface area (Å²) in [6, 6.07) is 17.6. The molecule has 1 aromatic heterocycles. The highest BCUT2D eigenvalue weighted by Gasteiger charge is 2.12. The van der Waals surface area contributed by atoms with E-state index in [-0.39, 0.29) is 23.3 Å². The fourth-order valence-electron chi connectivity index (χ4n) is 2.32. The van der Waals surface area contributed by atoms with Crippen LogP contribution in [0, 0.1) is 22.7 Å². The molecule has 2 N–H and O–H groups in total. The third-order valence-corrected chi connectivity index (χ3v) is 6.87. The number of rotatable bonds is 8. The number of anilines is 2. The quantitative estimate of drug-likeness (QED) is 0.480. The topological polar surface area (TPSA) is 132 Å². The van der Waals surface area contributed by atoms with Crippen LogP contribution in [0.2, 0.25) is 0 Å². The van der Waals surface area contributed by atoms with E-state index in [9.17, 15) is 9.59 Å². The highest BCUT2D eigenvalue weighted by Crippen LogP contribution is 2.29. The number of amides is 2. The van der Waals surface area contributed by atoms with E-state index in [1.54, 1.807) is 48.5 Å². The lowest BCUT2D eigenvalue weighted by Gasteiger charge is -2.05. The molecular formula is C20H14N6O2S3. The zero-order valence-corrected chi connectivity index (χ0v) is 18.3. The Bertz CT molecular complexity index is 1090. The summed E-state index contributed by atoms with van der Waals surface area (Å²) in [5.74, 6) is -0.282. The molecular weight excluding hydrogens is 452 g/mol. The van der Waals surface area contributed by atoms with Crippen molar-refractivity contribution in [2.45, 2.75) is 8.68 Å². The van der Waals surface area contributed by atoms with Gasteiger partial charge in [0.25, 0.3) is 0 Å². The first-order valence-electron chi connectivity index (χ1n) is 8.76. The van der Waals surface area contributed by atoms with Crippen molar-refractivity contribution >= 4 is 58.0 Å². The number of benzene rings is 2. The SMILES string of the molecule is N#Cc1ccccc1NC(=O)CSc1nnc(SCC(=O)Nc2ccccc2C#N)s1. The fraction of sp³-hybridized carbons (Fsp3) is 0.100. The van der Waals surface area contributed by atoms with Crippen LogP contribution in [0.3, 0.4) is 0 Å². The Kier molecular flexibility index (Phi) is 8.01. The maximum Gasteiger partial charge on any atom is 0.234 e. The minimum Gasteiger partial charge on any atom is -0.324 e. The highest BCUT2D eigenvalue weighted by atomic mass is 32.2. The Hall–Kier alpha value is -3.38. The van der Waals surface area contributed by atoms with Gasteiger partial charge in [-0.25, -0.2) is 0 Å². The average Bonchev–Trinajstić information content (AvgIpc) is 3.25. The van der Waals surface area contributed by atoms with E-state index in [0.29, 0.717) is 31.2 Å². The normalized spacial score (nSPS) is 10.0. The second-order valence-corrected chi connectivity index (χ2v) is 9.24. The molecule has 0 aliphatic heterocycles. The van der Waals surface area contributed by atoms with Crippen molar-refractivity contribution in [2.24, 2.45) is 0 Å². The van der Waals surface area contributed by atoms with Crippen molar-refractivity contribution in [1.29, 1.82) is 10.5 Å². The second-order valence-electron chi connectivity index (χ2n) is 5.82. The van der Waals surface area contributed by atoms with Gasteiger partial charge in [-0.2, -0.15) is 10.5 Å². The van der Waals surface area contributed by atoms with Gasteiger partial charge in [-0.05, 0) is 24.3 Å². The van der Waals surface area contributed by atoms with Crippen molar-refractivity contribution in [2.75, 3.05) is 22.1 Å². The van der Waals surface area contributed by atoms with E-state index < -0.39 is 0 Å². The number of nitrogens with zero attached hydrogens (tertiary/aromatic N) is 4. The molecule has 0 radical (unpaired) electrons. The lowest BCUT2D eigenvalue weighted by atomic mass is 10.2. The minimum atomic E-state index is -0.257. The molecule has 0 spiro atoms. The predicted octanol–water partition coefficient (Wildman–Crippen LogP) is 3.74. The minimum absolute atomic E-state index is 0.116. The van der Waals surface area contributed by atoms with Crippen LogP contribution < -0.4 is 10.6 Å². The van der Waals surface area contributed by atoms with Gasteiger partial charge in [0.05, 0.1) is 34.0 Å². The van der Waals surface area contributed by atoms with Crippen LogP contribution in [0.5, 0.6) is 0 Å². The van der Waals surface area contributed by atoms with Crippen molar-refractivity contribution in [1.82, 2.24) is 10.2 Å². The number of hydrogen-bond donors (Lipinski definition) is 2. The second kappa shape index (κ2) is 11.1. The van der Waals surface area contributed by atoms with Gasteiger partial charge < -0.3 is 10.6 Å². The summed E-state index contributed by atoms with van der Waals surface area (Å²) < 4.78 is 1.20. The molecule has 0 fully saturated rings. The first-order chi connectivity index (χ1) is 15.1. The van der Waals surface area contributed by atoms with Gasteiger partial charge in [-0.1, -0.05) is 59.1 Å². The summed E-state index contributed by atoms with van der Waals surface area (Å²) in [5.41, 5.74) is 1.72. The third-order valence-electron chi connectivity index (χ3n) is 3.68. The Morgan fingerprint density at radius 2 is 1.23 bits per heavy atom. The van der Waals surface area contributed by atoms with Crippen molar-refractivity contribution < 1.29 is 9.59 Å². The van der Waals surface area contributed by atoms with Crippen LogP contribution in [0.4, 0.5) is 11.4 Å². The summed E-state index contributed by atoms with van der Waals surface area (Å²) in [5, 5.41) is 31.6. The molecule has 8 nitrogen and oxygen atoms in total. The summed E-state index contributed by atoms with van der Waals surface area (Å²) >= 11 is 3.73. The molecule has 3 aromatic rings. The molecule has 2 aromatic carbocycles. The van der Waals surface area contributed by atoms with E-state index in [4.69, 9.17) is 10.5 Å². The zero-order valence-electron chi connectivity index (χ0n) is 15.9. The lowest BCUT2D eigenvalue weighted by molar-refractivity contribution is -0.114. The molecule has 3 rings (SSSR count). The Balaban J connectivity index is 1.46. The third kappa shape index (κ3) is 6.55. The molecule has 0 unspecified atom stereocenters. The lowest BCUT2D eigenvalue weighted by Crippen LogP contribution is -2.14. The number of nitriles is 2. The molecule has 1 heterocycles. The molecule has 31 heavy (non-hydrogen) atoms. The van der Waals surface area contributed by atoms with Gasteiger partial charge in [-0.3, -0.25) is 9.59 Å². The van der Waals surface area contributed by atoms with Gasteiger partial charge in [0.1, 0.15) is 12.1 Å². The average molecular weight is 467 g/mol. The van der Waals surface area contributed by atoms with Crippen LogP contribution in [0.25, 0.3) is 0 Å². The molecule has 154 valence electrons. The smallest absolute Gasteiger partial charge is 0.234 e. The number of para-hydroxylation sites is 2. The Labute approximate surface area is 190 Å². The molecule has 0 saturated heterocycles. The van der Waals surface area contributed by atoms with Gasteiger partial charge in [0, 0.05) is 0 Å². The van der Waals surface area contributed by atoms with E-state index >= 15 is 0 Å². The number of carbonyl (C=O) groups is 2. The van der Waals surface area contributed by atoms with Crippen molar-refractivity contribution in [3.05, 3.63) is 59.7 Å². The molecule has 0 atom stereocenters. The zero-order chi connectivity index (χ0) is 22.1. The van der Waals surface area contributed by atoms with E-state index in [2.05, 4.69) is 20.8 Å².